The lowest BCUT2D eigenvalue weighted by Crippen LogP contribution is -1.96. The summed E-state index contributed by atoms with van der Waals surface area (Å²) in [5.41, 5.74) is 1.41. The van der Waals surface area contributed by atoms with Crippen LogP contribution in [0.15, 0.2) is 59.1 Å². The van der Waals surface area contributed by atoms with Crippen LogP contribution >= 0.6 is 24.5 Å². The molecule has 0 aliphatic rings. The molecule has 2 aromatic carbocycles. The van der Waals surface area contributed by atoms with Gasteiger partial charge < -0.3 is 0 Å². The largest absolute Gasteiger partial charge is 0.0901 e. The Bertz CT molecular complexity index is 439. The third-order valence-corrected chi connectivity index (χ3v) is 4.47. The van der Waals surface area contributed by atoms with E-state index in [9.17, 15) is 0 Å². The molecule has 0 saturated carbocycles. The molecule has 1 unspecified atom stereocenters. The fourth-order valence-electron chi connectivity index (χ4n) is 1.60. The molecule has 0 radical (unpaired) electrons. The van der Waals surface area contributed by atoms with Crippen molar-refractivity contribution in [1.82, 2.24) is 0 Å². The topological polar surface area (TPSA) is 0 Å². The zero-order valence-corrected chi connectivity index (χ0v) is 11.6. The van der Waals surface area contributed by atoms with E-state index in [1.54, 1.807) is 0 Å². The van der Waals surface area contributed by atoms with Crippen LogP contribution in [0.25, 0.3) is 0 Å². The van der Waals surface area contributed by atoms with Crippen molar-refractivity contribution < 1.29 is 0 Å². The molecule has 0 heterocycles. The van der Waals surface area contributed by atoms with Crippen molar-refractivity contribution in [3.8, 4) is 0 Å². The summed E-state index contributed by atoms with van der Waals surface area (Å²) in [5.74, 6) is 0. The van der Waals surface area contributed by atoms with E-state index in [2.05, 4.69) is 70.5 Å². The molecule has 1 atom stereocenters. The molecule has 0 fully saturated rings. The van der Waals surface area contributed by atoms with Crippen molar-refractivity contribution >= 4 is 29.8 Å². The molecule has 0 spiro atoms. The fourth-order valence-corrected chi connectivity index (χ4v) is 3.19. The average molecular weight is 293 g/mol. The van der Waals surface area contributed by atoms with Gasteiger partial charge >= 0.3 is 0 Å². The smallest absolute Gasteiger partial charge is 0.0207 e. The number of aryl methyl sites for hydroxylation is 1. The third-order valence-electron chi connectivity index (χ3n) is 2.46. The SMILES string of the molecule is Brc1ccccc1CCPc1ccccc1. The summed E-state index contributed by atoms with van der Waals surface area (Å²) < 4.78 is 1.23. The quantitative estimate of drug-likeness (QED) is 0.748. The third kappa shape index (κ3) is 3.43. The van der Waals surface area contributed by atoms with E-state index in [0.29, 0.717) is 0 Å². The Hall–Kier alpha value is -0.650. The van der Waals surface area contributed by atoms with Crippen LogP contribution in [-0.2, 0) is 6.42 Å². The molecule has 0 aromatic heterocycles. The van der Waals surface area contributed by atoms with E-state index in [0.717, 1.165) is 15.0 Å². The molecule has 2 rings (SSSR count). The highest BCUT2D eigenvalue weighted by Crippen LogP contribution is 2.19. The van der Waals surface area contributed by atoms with Crippen LogP contribution in [0.4, 0.5) is 0 Å². The summed E-state index contributed by atoms with van der Waals surface area (Å²) in [7, 11) is 0.906. The van der Waals surface area contributed by atoms with Crippen LogP contribution in [0.3, 0.4) is 0 Å². The molecule has 82 valence electrons. The number of benzene rings is 2. The van der Waals surface area contributed by atoms with Crippen LogP contribution in [0, 0.1) is 0 Å². The van der Waals surface area contributed by atoms with Crippen LogP contribution in [0.5, 0.6) is 0 Å². The Morgan fingerprint density at radius 1 is 0.875 bits per heavy atom. The van der Waals surface area contributed by atoms with Gasteiger partial charge in [0.2, 0.25) is 0 Å². The van der Waals surface area contributed by atoms with Crippen molar-refractivity contribution in [1.29, 1.82) is 0 Å². The summed E-state index contributed by atoms with van der Waals surface area (Å²) in [6, 6.07) is 19.2. The molecular formula is C14H14BrP. The first kappa shape index (κ1) is 11.8. The Kier molecular flexibility index (Phi) is 4.56. The molecule has 16 heavy (non-hydrogen) atoms. The van der Waals surface area contributed by atoms with E-state index >= 15 is 0 Å². The van der Waals surface area contributed by atoms with Crippen LogP contribution in [0.1, 0.15) is 5.56 Å². The van der Waals surface area contributed by atoms with E-state index in [1.807, 2.05) is 0 Å². The maximum Gasteiger partial charge on any atom is 0.0207 e. The normalized spacial score (nSPS) is 11.1. The van der Waals surface area contributed by atoms with Crippen LogP contribution in [-0.4, -0.2) is 6.16 Å². The van der Waals surface area contributed by atoms with Gasteiger partial charge in [-0.15, -0.1) is 0 Å². The van der Waals surface area contributed by atoms with Gasteiger partial charge in [0, 0.05) is 4.47 Å². The summed E-state index contributed by atoms with van der Waals surface area (Å²) in [5, 5.41) is 1.45. The molecular weight excluding hydrogens is 279 g/mol. The van der Waals surface area contributed by atoms with E-state index in [-0.39, 0.29) is 0 Å². The molecule has 0 aliphatic carbocycles. The zero-order valence-electron chi connectivity index (χ0n) is 8.99. The number of hydrogen-bond donors (Lipinski definition) is 0. The molecule has 2 heteroatoms. The minimum Gasteiger partial charge on any atom is -0.0901 e. The fraction of sp³-hybridized carbons (Fsp3) is 0.143. The highest BCUT2D eigenvalue weighted by Gasteiger charge is 1.98. The van der Waals surface area contributed by atoms with E-state index in [4.69, 9.17) is 0 Å². The number of halogens is 1. The zero-order chi connectivity index (χ0) is 11.2. The molecule has 0 saturated heterocycles. The summed E-state index contributed by atoms with van der Waals surface area (Å²) in [6.45, 7) is 0. The van der Waals surface area contributed by atoms with Gasteiger partial charge in [-0.05, 0) is 29.5 Å². The van der Waals surface area contributed by atoms with Gasteiger partial charge in [-0.25, -0.2) is 0 Å². The molecule has 0 nitrogen and oxygen atoms in total. The Labute approximate surface area is 107 Å². The number of rotatable bonds is 4. The van der Waals surface area contributed by atoms with Gasteiger partial charge in [-0.2, -0.15) is 0 Å². The molecule has 0 amide bonds. The molecule has 0 aliphatic heterocycles. The van der Waals surface area contributed by atoms with Crippen molar-refractivity contribution in [2.45, 2.75) is 6.42 Å². The highest BCUT2D eigenvalue weighted by molar-refractivity contribution is 9.10. The minimum absolute atomic E-state index is 0.906. The lowest BCUT2D eigenvalue weighted by atomic mass is 10.2. The van der Waals surface area contributed by atoms with Crippen molar-refractivity contribution in [3.63, 3.8) is 0 Å². The Morgan fingerprint density at radius 3 is 2.31 bits per heavy atom. The maximum absolute atomic E-state index is 3.59. The second kappa shape index (κ2) is 6.18. The van der Waals surface area contributed by atoms with Crippen LogP contribution < -0.4 is 5.30 Å². The highest BCUT2D eigenvalue weighted by atomic mass is 79.9. The van der Waals surface area contributed by atoms with Crippen LogP contribution in [0.2, 0.25) is 0 Å². The predicted molar refractivity (Wildman–Crippen MR) is 77.1 cm³/mol. The van der Waals surface area contributed by atoms with E-state index in [1.165, 1.54) is 21.5 Å². The van der Waals surface area contributed by atoms with Crippen molar-refractivity contribution in [2.75, 3.05) is 6.16 Å². The Balaban J connectivity index is 1.87. The predicted octanol–water partition coefficient (Wildman–Crippen LogP) is 4.00. The van der Waals surface area contributed by atoms with Gasteiger partial charge in [-0.1, -0.05) is 73.0 Å². The van der Waals surface area contributed by atoms with E-state index < -0.39 is 0 Å². The van der Waals surface area contributed by atoms with Crippen molar-refractivity contribution in [3.05, 3.63) is 64.6 Å². The second-order valence-electron chi connectivity index (χ2n) is 3.63. The first-order valence-electron chi connectivity index (χ1n) is 5.38. The Morgan fingerprint density at radius 2 is 1.56 bits per heavy atom. The maximum atomic E-state index is 3.59. The molecule has 2 aromatic rings. The lowest BCUT2D eigenvalue weighted by Gasteiger charge is -2.04. The summed E-state index contributed by atoms with van der Waals surface area (Å²) >= 11 is 3.59. The van der Waals surface area contributed by atoms with Gasteiger partial charge in [0.05, 0.1) is 0 Å². The number of hydrogen-bond acceptors (Lipinski definition) is 0. The van der Waals surface area contributed by atoms with Gasteiger partial charge in [0.25, 0.3) is 0 Å². The summed E-state index contributed by atoms with van der Waals surface area (Å²) in [6.07, 6.45) is 2.38. The second-order valence-corrected chi connectivity index (χ2v) is 5.92. The first-order chi connectivity index (χ1) is 7.86. The minimum atomic E-state index is 0.906. The summed E-state index contributed by atoms with van der Waals surface area (Å²) in [4.78, 5) is 0. The van der Waals surface area contributed by atoms with Gasteiger partial charge in [-0.3, -0.25) is 0 Å². The molecule has 0 N–H and O–H groups in total. The lowest BCUT2D eigenvalue weighted by molar-refractivity contribution is 1.14. The van der Waals surface area contributed by atoms with Crippen molar-refractivity contribution in [2.24, 2.45) is 0 Å². The first-order valence-corrected chi connectivity index (χ1v) is 7.38. The molecule has 0 bridgehead atoms. The van der Waals surface area contributed by atoms with Gasteiger partial charge in [0.1, 0.15) is 0 Å². The average Bonchev–Trinajstić information content (AvgIpc) is 2.33. The van der Waals surface area contributed by atoms with Gasteiger partial charge in [0.15, 0.2) is 0 Å². The monoisotopic (exact) mass is 292 g/mol. The standard InChI is InChI=1S/C14H14BrP/c15-14-9-5-4-6-12(14)10-11-16-13-7-2-1-3-8-13/h1-9,16H,10-11H2.